The van der Waals surface area contributed by atoms with E-state index in [0.717, 1.165) is 6.20 Å². The van der Waals surface area contributed by atoms with Crippen LogP contribution in [0.4, 0.5) is 8.78 Å². The quantitative estimate of drug-likeness (QED) is 0.660. The summed E-state index contributed by atoms with van der Waals surface area (Å²) in [6.45, 7) is -0.0432. The number of pyridine rings is 1. The van der Waals surface area contributed by atoms with Gasteiger partial charge in [-0.05, 0) is 5.10 Å². The largest absolute Gasteiger partial charge is 0.285 e. The zero-order chi connectivity index (χ0) is 14.8. The van der Waals surface area contributed by atoms with E-state index in [0.29, 0.717) is 11.6 Å². The van der Waals surface area contributed by atoms with E-state index in [2.05, 4.69) is 10.1 Å². The van der Waals surface area contributed by atoms with Crippen LogP contribution in [0.3, 0.4) is 0 Å². The van der Waals surface area contributed by atoms with Crippen LogP contribution in [0, 0.1) is 11.6 Å². The summed E-state index contributed by atoms with van der Waals surface area (Å²) in [5.74, 6) is -2.08. The molecule has 2 aromatic heterocycles. The first-order chi connectivity index (χ1) is 9.35. The van der Waals surface area contributed by atoms with Gasteiger partial charge in [0, 0.05) is 17.7 Å². The molecule has 0 unspecified atom stereocenters. The van der Waals surface area contributed by atoms with Gasteiger partial charge in [0.2, 0.25) is 0 Å². The van der Waals surface area contributed by atoms with E-state index in [9.17, 15) is 17.2 Å². The van der Waals surface area contributed by atoms with Crippen molar-refractivity contribution in [2.24, 2.45) is 0 Å². The smallest absolute Gasteiger partial charge is 0.271 e. The van der Waals surface area contributed by atoms with Crippen molar-refractivity contribution in [3.8, 4) is 11.3 Å². The fraction of sp³-hybridized carbons (Fsp3) is 0.182. The predicted molar refractivity (Wildman–Crippen MR) is 64.0 cm³/mol. The van der Waals surface area contributed by atoms with Gasteiger partial charge in [0.1, 0.15) is 23.5 Å². The first-order valence-electron chi connectivity index (χ1n) is 5.47. The molecule has 0 aliphatic carbocycles. The molecule has 0 amide bonds. The molecule has 20 heavy (non-hydrogen) atoms. The third-order valence-electron chi connectivity index (χ3n) is 2.43. The number of rotatable bonds is 4. The fourth-order valence-corrected chi connectivity index (χ4v) is 1.91. The van der Waals surface area contributed by atoms with Crippen LogP contribution in [0.25, 0.3) is 11.3 Å². The van der Waals surface area contributed by atoms with Crippen molar-refractivity contribution >= 4 is 10.1 Å². The van der Waals surface area contributed by atoms with Crippen molar-refractivity contribution in [1.82, 2.24) is 10.1 Å². The van der Waals surface area contributed by atoms with Crippen molar-refractivity contribution in [3.63, 3.8) is 0 Å². The Morgan fingerprint density at radius 1 is 1.30 bits per heavy atom. The average molecular weight is 302 g/mol. The SMILES string of the molecule is O=S(=O)(O)CC[n+]1ccc(-c2ncc(F)cc2F)cn1. The fourth-order valence-electron chi connectivity index (χ4n) is 1.49. The minimum absolute atomic E-state index is 0.0432. The van der Waals surface area contributed by atoms with Crippen LogP contribution in [0.5, 0.6) is 0 Å². The minimum Gasteiger partial charge on any atom is -0.285 e. The Balaban J connectivity index is 2.19. The topological polar surface area (TPSA) is 84.0 Å². The van der Waals surface area contributed by atoms with Crippen LogP contribution >= 0.6 is 0 Å². The molecule has 0 aromatic carbocycles. The van der Waals surface area contributed by atoms with E-state index >= 15 is 0 Å². The molecule has 0 saturated heterocycles. The Morgan fingerprint density at radius 2 is 2.05 bits per heavy atom. The second kappa shape index (κ2) is 5.55. The summed E-state index contributed by atoms with van der Waals surface area (Å²) in [5, 5.41) is 3.86. The lowest BCUT2D eigenvalue weighted by atomic mass is 10.2. The molecule has 6 nitrogen and oxygen atoms in total. The molecular weight excluding hydrogens is 292 g/mol. The molecule has 9 heteroatoms. The molecule has 2 heterocycles. The van der Waals surface area contributed by atoms with E-state index in [1.165, 1.54) is 23.1 Å². The molecule has 1 N–H and O–H groups in total. The van der Waals surface area contributed by atoms with Crippen molar-refractivity contribution in [3.05, 3.63) is 42.4 Å². The number of aromatic nitrogens is 3. The van der Waals surface area contributed by atoms with Crippen LogP contribution in [0.15, 0.2) is 30.7 Å². The molecule has 2 rings (SSSR count). The standard InChI is InChI=1S/C11H9F2N3O3S/c12-9-5-10(13)11(14-7-9)8-1-2-16(15-6-8)3-4-20(17,18)19/h1-2,5-7H,3-4H2/p+1. The number of hydrogen-bond acceptors (Lipinski definition) is 4. The number of nitrogens with zero attached hydrogens (tertiary/aromatic N) is 3. The highest BCUT2D eigenvalue weighted by Gasteiger charge is 2.13. The zero-order valence-electron chi connectivity index (χ0n) is 10.1. The third kappa shape index (κ3) is 3.75. The second-order valence-corrected chi connectivity index (χ2v) is 5.52. The molecule has 106 valence electrons. The molecule has 0 atom stereocenters. The number of halogens is 2. The lowest BCUT2D eigenvalue weighted by molar-refractivity contribution is -0.750. The van der Waals surface area contributed by atoms with Crippen molar-refractivity contribution < 1.29 is 26.4 Å². The number of hydrogen-bond donors (Lipinski definition) is 1. The van der Waals surface area contributed by atoms with E-state index in [1.54, 1.807) is 0 Å². The monoisotopic (exact) mass is 302 g/mol. The van der Waals surface area contributed by atoms with Crippen LogP contribution < -0.4 is 4.68 Å². The molecule has 0 aliphatic rings. The van der Waals surface area contributed by atoms with Crippen LogP contribution in [-0.2, 0) is 16.7 Å². The van der Waals surface area contributed by atoms with E-state index < -0.39 is 27.5 Å². The predicted octanol–water partition coefficient (Wildman–Crippen LogP) is 0.597. The van der Waals surface area contributed by atoms with Gasteiger partial charge < -0.3 is 0 Å². The third-order valence-corrected chi connectivity index (χ3v) is 3.13. The molecular formula is C11H10F2N3O3S+. The van der Waals surface area contributed by atoms with Gasteiger partial charge in [-0.1, -0.05) is 4.68 Å². The molecule has 0 fully saturated rings. The highest BCUT2D eigenvalue weighted by molar-refractivity contribution is 7.85. The molecule has 0 spiro atoms. The summed E-state index contributed by atoms with van der Waals surface area (Å²) in [6, 6.07) is 2.17. The summed E-state index contributed by atoms with van der Waals surface area (Å²) < 4.78 is 57.3. The van der Waals surface area contributed by atoms with Gasteiger partial charge in [0.05, 0.1) is 6.20 Å². The summed E-state index contributed by atoms with van der Waals surface area (Å²) in [6.07, 6.45) is 3.57. The van der Waals surface area contributed by atoms with E-state index in [1.807, 2.05) is 0 Å². The minimum atomic E-state index is -4.07. The molecule has 0 bridgehead atoms. The lowest BCUT2D eigenvalue weighted by Gasteiger charge is -2.00. The Bertz CT molecular complexity index is 720. The van der Waals surface area contributed by atoms with Gasteiger partial charge >= 0.3 is 0 Å². The van der Waals surface area contributed by atoms with Crippen molar-refractivity contribution in [2.45, 2.75) is 6.54 Å². The van der Waals surface area contributed by atoms with Gasteiger partial charge in [-0.3, -0.25) is 9.54 Å². The first kappa shape index (κ1) is 14.4. The summed E-state index contributed by atoms with van der Waals surface area (Å²) in [4.78, 5) is 3.63. The van der Waals surface area contributed by atoms with Gasteiger partial charge in [-0.2, -0.15) is 8.42 Å². The molecule has 0 aliphatic heterocycles. The van der Waals surface area contributed by atoms with Crippen LogP contribution in [0.1, 0.15) is 0 Å². The van der Waals surface area contributed by atoms with Gasteiger partial charge in [-0.25, -0.2) is 8.78 Å². The van der Waals surface area contributed by atoms with Gasteiger partial charge in [0.25, 0.3) is 10.1 Å². The summed E-state index contributed by atoms with van der Waals surface area (Å²) >= 11 is 0. The Morgan fingerprint density at radius 3 is 2.60 bits per heavy atom. The average Bonchev–Trinajstić information content (AvgIpc) is 2.36. The highest BCUT2D eigenvalue weighted by Crippen LogP contribution is 2.18. The Kier molecular flexibility index (Phi) is 4.00. The summed E-state index contributed by atoms with van der Waals surface area (Å²) in [5.41, 5.74) is 0.270. The van der Waals surface area contributed by atoms with Crippen LogP contribution in [-0.4, -0.2) is 28.8 Å². The molecule has 2 aromatic rings. The van der Waals surface area contributed by atoms with Crippen molar-refractivity contribution in [1.29, 1.82) is 0 Å². The second-order valence-electron chi connectivity index (χ2n) is 3.95. The maximum absolute atomic E-state index is 13.5. The molecule has 0 saturated carbocycles. The van der Waals surface area contributed by atoms with E-state index in [-0.39, 0.29) is 12.2 Å². The first-order valence-corrected chi connectivity index (χ1v) is 7.08. The molecule has 0 radical (unpaired) electrons. The van der Waals surface area contributed by atoms with Gasteiger partial charge in [0.15, 0.2) is 18.6 Å². The Labute approximate surface area is 113 Å². The maximum Gasteiger partial charge on any atom is 0.271 e. The Hall–Kier alpha value is -2.00. The summed E-state index contributed by atoms with van der Waals surface area (Å²) in [7, 11) is -4.07. The number of aryl methyl sites for hydroxylation is 1. The lowest BCUT2D eigenvalue weighted by Crippen LogP contribution is -2.40. The highest BCUT2D eigenvalue weighted by atomic mass is 32.2. The van der Waals surface area contributed by atoms with E-state index in [4.69, 9.17) is 4.55 Å². The van der Waals surface area contributed by atoms with Crippen molar-refractivity contribution in [2.75, 3.05) is 5.75 Å². The zero-order valence-corrected chi connectivity index (χ0v) is 10.9. The van der Waals surface area contributed by atoms with Crippen LogP contribution in [0.2, 0.25) is 0 Å². The maximum atomic E-state index is 13.5. The normalized spacial score (nSPS) is 11.6. The van der Waals surface area contributed by atoms with Gasteiger partial charge in [-0.15, -0.1) is 0 Å².